The molecule has 4 nitrogen and oxygen atoms in total. The van der Waals surface area contributed by atoms with Crippen molar-refractivity contribution in [1.29, 1.82) is 0 Å². The quantitative estimate of drug-likeness (QED) is 0.810. The first-order valence-electron chi connectivity index (χ1n) is 7.00. The van der Waals surface area contributed by atoms with Crippen LogP contribution in [0.4, 0.5) is 5.69 Å². The molecule has 0 atom stereocenters. The van der Waals surface area contributed by atoms with Gasteiger partial charge in [0.2, 0.25) is 5.91 Å². The molecule has 0 bridgehead atoms. The molecule has 1 aliphatic carbocycles. The molecule has 1 saturated carbocycles. The fraction of sp³-hybridized carbons (Fsp3) is 0.375. The molecule has 0 radical (unpaired) electrons. The van der Waals surface area contributed by atoms with Crippen LogP contribution < -0.4 is 5.73 Å². The van der Waals surface area contributed by atoms with Crippen LogP contribution in [0.1, 0.15) is 36.2 Å². The summed E-state index contributed by atoms with van der Waals surface area (Å²) in [5.74, 6) is 0.338. The maximum absolute atomic E-state index is 12.7. The number of anilines is 1. The first-order chi connectivity index (χ1) is 9.56. The van der Waals surface area contributed by atoms with Gasteiger partial charge in [0.05, 0.1) is 5.52 Å². The van der Waals surface area contributed by atoms with Crippen molar-refractivity contribution in [3.05, 3.63) is 30.0 Å². The van der Waals surface area contributed by atoms with E-state index < -0.39 is 0 Å². The van der Waals surface area contributed by atoms with Crippen molar-refractivity contribution in [2.75, 3.05) is 5.73 Å². The van der Waals surface area contributed by atoms with E-state index in [0.717, 1.165) is 16.6 Å². The molecule has 0 saturated heterocycles. The molecule has 0 unspecified atom stereocenters. The number of carbonyl (C=O) groups is 2. The average molecular weight is 270 g/mol. The van der Waals surface area contributed by atoms with Crippen LogP contribution in [0.2, 0.25) is 0 Å². The summed E-state index contributed by atoms with van der Waals surface area (Å²) in [4.78, 5) is 24.0. The first-order valence-corrected chi connectivity index (χ1v) is 7.00. The summed E-state index contributed by atoms with van der Waals surface area (Å²) in [6, 6.07) is 7.58. The second-order valence-corrected chi connectivity index (χ2v) is 5.59. The lowest BCUT2D eigenvalue weighted by atomic mass is 9.87. The first kappa shape index (κ1) is 12.9. The van der Waals surface area contributed by atoms with E-state index in [1.807, 2.05) is 31.2 Å². The third-order valence-corrected chi connectivity index (χ3v) is 4.12. The van der Waals surface area contributed by atoms with E-state index in [2.05, 4.69) is 0 Å². The van der Waals surface area contributed by atoms with Crippen molar-refractivity contribution >= 4 is 28.3 Å². The van der Waals surface area contributed by atoms with E-state index in [4.69, 9.17) is 5.73 Å². The number of nitrogen functional groups attached to an aromatic ring is 1. The molecule has 1 heterocycles. The van der Waals surface area contributed by atoms with Gasteiger partial charge in [-0.15, -0.1) is 0 Å². The predicted molar refractivity (Wildman–Crippen MR) is 78.7 cm³/mol. The van der Waals surface area contributed by atoms with Gasteiger partial charge in [0.1, 0.15) is 5.78 Å². The Bertz CT molecular complexity index is 690. The van der Waals surface area contributed by atoms with Gasteiger partial charge in [-0.1, -0.05) is 0 Å². The highest BCUT2D eigenvalue weighted by molar-refractivity contribution is 5.96. The van der Waals surface area contributed by atoms with Crippen molar-refractivity contribution in [3.8, 4) is 0 Å². The molecule has 3 rings (SSSR count). The van der Waals surface area contributed by atoms with E-state index in [-0.39, 0.29) is 17.6 Å². The molecule has 1 aliphatic rings. The van der Waals surface area contributed by atoms with Crippen molar-refractivity contribution in [3.63, 3.8) is 0 Å². The molecule has 2 aromatic rings. The lowest BCUT2D eigenvalue weighted by Crippen LogP contribution is -2.26. The number of ketones is 1. The zero-order chi connectivity index (χ0) is 14.3. The summed E-state index contributed by atoms with van der Waals surface area (Å²) in [5.41, 5.74) is 8.31. The van der Waals surface area contributed by atoms with Crippen LogP contribution in [-0.4, -0.2) is 16.3 Å². The monoisotopic (exact) mass is 270 g/mol. The molecule has 0 amide bonds. The topological polar surface area (TPSA) is 65.1 Å². The van der Waals surface area contributed by atoms with E-state index in [1.165, 1.54) is 0 Å². The second-order valence-electron chi connectivity index (χ2n) is 5.59. The Kier molecular flexibility index (Phi) is 3.08. The van der Waals surface area contributed by atoms with Gasteiger partial charge < -0.3 is 5.73 Å². The van der Waals surface area contributed by atoms with Gasteiger partial charge in [0.15, 0.2) is 0 Å². The minimum atomic E-state index is -0.0421. The second kappa shape index (κ2) is 4.78. The van der Waals surface area contributed by atoms with Crippen LogP contribution in [0.5, 0.6) is 0 Å². The molecule has 1 aromatic heterocycles. The van der Waals surface area contributed by atoms with E-state index in [0.29, 0.717) is 31.4 Å². The highest BCUT2D eigenvalue weighted by Gasteiger charge is 2.27. The fourth-order valence-corrected chi connectivity index (χ4v) is 3.03. The standard InChI is InChI=1S/C16H18N2O2/c1-10-8-12-9-13(17)4-7-15(12)18(10)16(20)11-2-5-14(19)6-3-11/h4,7-9,11H,2-3,5-6,17H2,1H3. The Balaban J connectivity index is 1.99. The zero-order valence-corrected chi connectivity index (χ0v) is 11.6. The Labute approximate surface area is 117 Å². The van der Waals surface area contributed by atoms with Crippen molar-refractivity contribution in [1.82, 2.24) is 4.57 Å². The average Bonchev–Trinajstić information content (AvgIpc) is 2.73. The number of Topliss-reactive ketones (excluding diaryl/α,β-unsaturated/α-hetero) is 1. The number of hydrogen-bond donors (Lipinski definition) is 1. The molecule has 20 heavy (non-hydrogen) atoms. The van der Waals surface area contributed by atoms with Gasteiger partial charge >= 0.3 is 0 Å². The summed E-state index contributed by atoms with van der Waals surface area (Å²) in [6.07, 6.45) is 2.40. The summed E-state index contributed by atoms with van der Waals surface area (Å²) in [6.45, 7) is 1.93. The van der Waals surface area contributed by atoms with Crippen molar-refractivity contribution in [2.24, 2.45) is 5.92 Å². The summed E-state index contributed by atoms with van der Waals surface area (Å²) in [5, 5.41) is 0.989. The highest BCUT2D eigenvalue weighted by atomic mass is 16.2. The summed E-state index contributed by atoms with van der Waals surface area (Å²) < 4.78 is 1.77. The molecule has 4 heteroatoms. The summed E-state index contributed by atoms with van der Waals surface area (Å²) >= 11 is 0. The Hall–Kier alpha value is -2.10. The number of nitrogens with zero attached hydrogens (tertiary/aromatic N) is 1. The smallest absolute Gasteiger partial charge is 0.234 e. The lowest BCUT2D eigenvalue weighted by Gasteiger charge is -2.21. The number of nitrogens with two attached hydrogens (primary N) is 1. The third kappa shape index (κ3) is 2.11. The van der Waals surface area contributed by atoms with Gasteiger partial charge in [-0.3, -0.25) is 14.2 Å². The number of hydrogen-bond acceptors (Lipinski definition) is 3. The molecular formula is C16H18N2O2. The van der Waals surface area contributed by atoms with Crippen molar-refractivity contribution in [2.45, 2.75) is 32.6 Å². The Morgan fingerprint density at radius 2 is 1.95 bits per heavy atom. The maximum atomic E-state index is 12.7. The van der Waals surface area contributed by atoms with E-state index in [9.17, 15) is 9.59 Å². The van der Waals surface area contributed by atoms with Crippen LogP contribution >= 0.6 is 0 Å². The minimum absolute atomic E-state index is 0.0421. The molecule has 0 spiro atoms. The van der Waals surface area contributed by atoms with Gasteiger partial charge in [0.25, 0.3) is 0 Å². The number of fused-ring (bicyclic) bond motifs is 1. The molecule has 104 valence electrons. The van der Waals surface area contributed by atoms with Gasteiger partial charge in [0, 0.05) is 35.5 Å². The minimum Gasteiger partial charge on any atom is -0.399 e. The third-order valence-electron chi connectivity index (χ3n) is 4.12. The number of aryl methyl sites for hydroxylation is 1. The molecular weight excluding hydrogens is 252 g/mol. The number of carbonyl (C=O) groups excluding carboxylic acids is 2. The predicted octanol–water partition coefficient (Wildman–Crippen LogP) is 2.93. The largest absolute Gasteiger partial charge is 0.399 e. The molecule has 1 aromatic carbocycles. The number of aromatic nitrogens is 1. The van der Waals surface area contributed by atoms with Gasteiger partial charge in [-0.25, -0.2) is 0 Å². The molecule has 1 fully saturated rings. The number of benzene rings is 1. The van der Waals surface area contributed by atoms with Crippen molar-refractivity contribution < 1.29 is 9.59 Å². The van der Waals surface area contributed by atoms with Gasteiger partial charge in [-0.2, -0.15) is 0 Å². The highest BCUT2D eigenvalue weighted by Crippen LogP contribution is 2.28. The molecule has 2 N–H and O–H groups in total. The van der Waals surface area contributed by atoms with Crippen LogP contribution in [-0.2, 0) is 4.79 Å². The number of rotatable bonds is 1. The van der Waals surface area contributed by atoms with Crippen LogP contribution in [0.3, 0.4) is 0 Å². The lowest BCUT2D eigenvalue weighted by molar-refractivity contribution is -0.120. The molecule has 0 aliphatic heterocycles. The van der Waals surface area contributed by atoms with E-state index in [1.54, 1.807) is 4.57 Å². The Morgan fingerprint density at radius 1 is 1.25 bits per heavy atom. The van der Waals surface area contributed by atoms with Gasteiger partial charge in [-0.05, 0) is 44.0 Å². The zero-order valence-electron chi connectivity index (χ0n) is 11.6. The van der Waals surface area contributed by atoms with Crippen LogP contribution in [0, 0.1) is 12.8 Å². The maximum Gasteiger partial charge on any atom is 0.234 e. The van der Waals surface area contributed by atoms with Crippen LogP contribution in [0.15, 0.2) is 24.3 Å². The SMILES string of the molecule is Cc1cc2cc(N)ccc2n1C(=O)C1CCC(=O)CC1. The normalized spacial score (nSPS) is 16.8. The van der Waals surface area contributed by atoms with E-state index >= 15 is 0 Å². The Morgan fingerprint density at radius 3 is 2.65 bits per heavy atom. The fourth-order valence-electron chi connectivity index (χ4n) is 3.03. The van der Waals surface area contributed by atoms with Crippen LogP contribution in [0.25, 0.3) is 10.9 Å². The summed E-state index contributed by atoms with van der Waals surface area (Å²) in [7, 11) is 0.